The topological polar surface area (TPSA) is 78.5 Å². The van der Waals surface area contributed by atoms with Crippen molar-refractivity contribution in [3.8, 4) is 0 Å². The fourth-order valence-electron chi connectivity index (χ4n) is 3.13. The molecule has 0 unspecified atom stereocenters. The quantitative estimate of drug-likeness (QED) is 0.552. The summed E-state index contributed by atoms with van der Waals surface area (Å²) >= 11 is 1.40. The first-order valence-corrected chi connectivity index (χ1v) is 10.6. The van der Waals surface area contributed by atoms with Gasteiger partial charge in [-0.05, 0) is 50.5 Å². The Balaban J connectivity index is 2.09. The summed E-state index contributed by atoms with van der Waals surface area (Å²) in [5, 5.41) is 4.20. The summed E-state index contributed by atoms with van der Waals surface area (Å²) in [5.41, 5.74) is 2.52. The van der Waals surface area contributed by atoms with Gasteiger partial charge in [-0.1, -0.05) is 30.7 Å². The lowest BCUT2D eigenvalue weighted by Gasteiger charge is -2.08. The average molecular weight is 415 g/mol. The Morgan fingerprint density at radius 3 is 2.76 bits per heavy atom. The van der Waals surface area contributed by atoms with Crippen LogP contribution in [0.2, 0.25) is 0 Å². The number of esters is 1. The molecule has 0 bridgehead atoms. The van der Waals surface area contributed by atoms with E-state index in [-0.39, 0.29) is 24.5 Å². The van der Waals surface area contributed by atoms with Crippen LogP contribution in [-0.2, 0) is 22.5 Å². The van der Waals surface area contributed by atoms with E-state index in [4.69, 9.17) is 4.74 Å². The SMILES string of the molecule is CCCCc1ccc2c(c1)sc(=NC(=O)c1ccnn1C(C)C)n2CC(=O)OC. The standard InChI is InChI=1S/C21H26N4O3S/c1-5-6-7-15-8-9-16-18(12-15)29-21(24(16)13-19(26)28-4)23-20(27)17-10-11-22-25(17)14(2)3/h8-12,14H,5-7,13H2,1-4H3. The van der Waals surface area contributed by atoms with E-state index in [9.17, 15) is 9.59 Å². The van der Waals surface area contributed by atoms with E-state index in [0.717, 1.165) is 29.5 Å². The monoisotopic (exact) mass is 414 g/mol. The Labute approximate surface area is 173 Å². The maximum Gasteiger partial charge on any atom is 0.325 e. The highest BCUT2D eigenvalue weighted by Crippen LogP contribution is 2.21. The van der Waals surface area contributed by atoms with Gasteiger partial charge in [-0.3, -0.25) is 14.3 Å². The van der Waals surface area contributed by atoms with Crippen molar-refractivity contribution >= 4 is 33.4 Å². The molecular weight excluding hydrogens is 388 g/mol. The molecule has 1 amide bonds. The van der Waals surface area contributed by atoms with Gasteiger partial charge in [0.05, 0.1) is 17.3 Å². The number of hydrogen-bond acceptors (Lipinski definition) is 5. The molecule has 2 aromatic heterocycles. The molecule has 2 heterocycles. The number of ether oxygens (including phenoxy) is 1. The molecule has 0 N–H and O–H groups in total. The van der Waals surface area contributed by atoms with E-state index in [1.165, 1.54) is 24.0 Å². The Morgan fingerprint density at radius 2 is 2.07 bits per heavy atom. The summed E-state index contributed by atoms with van der Waals surface area (Å²) in [4.78, 5) is 29.6. The molecule has 29 heavy (non-hydrogen) atoms. The molecule has 0 aliphatic rings. The molecule has 8 heteroatoms. The fraction of sp³-hybridized carbons (Fsp3) is 0.429. The first-order valence-electron chi connectivity index (χ1n) is 9.76. The van der Waals surface area contributed by atoms with Gasteiger partial charge in [-0.2, -0.15) is 10.1 Å². The number of unbranched alkanes of at least 4 members (excludes halogenated alkanes) is 1. The molecule has 0 aliphatic heterocycles. The van der Waals surface area contributed by atoms with Crippen molar-refractivity contribution < 1.29 is 14.3 Å². The van der Waals surface area contributed by atoms with Crippen LogP contribution in [0.25, 0.3) is 10.2 Å². The maximum atomic E-state index is 12.8. The Morgan fingerprint density at radius 1 is 1.28 bits per heavy atom. The molecule has 0 saturated heterocycles. The number of nitrogens with zero attached hydrogens (tertiary/aromatic N) is 4. The number of aromatic nitrogens is 3. The number of hydrogen-bond donors (Lipinski definition) is 0. The number of rotatable bonds is 7. The lowest BCUT2D eigenvalue weighted by molar-refractivity contribution is -0.141. The average Bonchev–Trinajstić information content (AvgIpc) is 3.31. The van der Waals surface area contributed by atoms with Crippen molar-refractivity contribution in [1.82, 2.24) is 14.3 Å². The first-order chi connectivity index (χ1) is 13.9. The molecule has 0 radical (unpaired) electrons. The third-order valence-electron chi connectivity index (χ3n) is 4.66. The number of carbonyl (C=O) groups is 2. The number of methoxy groups -OCH3 is 1. The van der Waals surface area contributed by atoms with E-state index in [1.807, 2.05) is 19.9 Å². The Bertz CT molecular complexity index is 1090. The van der Waals surface area contributed by atoms with Crippen molar-refractivity contribution in [1.29, 1.82) is 0 Å². The largest absolute Gasteiger partial charge is 0.468 e. The second-order valence-corrected chi connectivity index (χ2v) is 8.13. The fourth-order valence-corrected chi connectivity index (χ4v) is 4.22. The number of aryl methyl sites for hydroxylation is 1. The number of benzene rings is 1. The highest BCUT2D eigenvalue weighted by atomic mass is 32.1. The zero-order valence-electron chi connectivity index (χ0n) is 17.2. The summed E-state index contributed by atoms with van der Waals surface area (Å²) < 4.78 is 9.21. The van der Waals surface area contributed by atoms with Crippen LogP contribution in [0.5, 0.6) is 0 Å². The third-order valence-corrected chi connectivity index (χ3v) is 5.70. The predicted octanol–water partition coefficient (Wildman–Crippen LogP) is 3.74. The first kappa shape index (κ1) is 21.0. The van der Waals surface area contributed by atoms with Crippen LogP contribution in [0.4, 0.5) is 0 Å². The molecular formula is C21H26N4O3S. The van der Waals surface area contributed by atoms with Gasteiger partial charge < -0.3 is 9.30 Å². The summed E-state index contributed by atoms with van der Waals surface area (Å²) in [6.45, 7) is 6.08. The van der Waals surface area contributed by atoms with Gasteiger partial charge >= 0.3 is 5.97 Å². The van der Waals surface area contributed by atoms with Gasteiger partial charge in [0.1, 0.15) is 12.2 Å². The van der Waals surface area contributed by atoms with Gasteiger partial charge in [0.2, 0.25) is 0 Å². The molecule has 7 nitrogen and oxygen atoms in total. The van der Waals surface area contributed by atoms with Gasteiger partial charge in [-0.15, -0.1) is 0 Å². The second-order valence-electron chi connectivity index (χ2n) is 7.12. The van der Waals surface area contributed by atoms with E-state index >= 15 is 0 Å². The van der Waals surface area contributed by atoms with Crippen molar-refractivity contribution in [3.63, 3.8) is 0 Å². The third kappa shape index (κ3) is 4.64. The lowest BCUT2D eigenvalue weighted by atomic mass is 10.1. The van der Waals surface area contributed by atoms with Crippen molar-refractivity contribution in [2.75, 3.05) is 7.11 Å². The second kappa shape index (κ2) is 9.17. The van der Waals surface area contributed by atoms with Crippen LogP contribution in [0.1, 0.15) is 55.7 Å². The number of thiazole rings is 1. The summed E-state index contributed by atoms with van der Waals surface area (Å²) in [6.07, 6.45) is 4.84. The molecule has 3 rings (SSSR count). The van der Waals surface area contributed by atoms with Gasteiger partial charge in [-0.25, -0.2) is 0 Å². The normalized spacial score (nSPS) is 12.1. The van der Waals surface area contributed by atoms with Crippen molar-refractivity contribution in [3.05, 3.63) is 46.5 Å². The molecule has 0 atom stereocenters. The van der Waals surface area contributed by atoms with Crippen LogP contribution in [0, 0.1) is 0 Å². The smallest absolute Gasteiger partial charge is 0.325 e. The molecule has 3 aromatic rings. The molecule has 154 valence electrons. The van der Waals surface area contributed by atoms with Gasteiger partial charge in [0.15, 0.2) is 4.80 Å². The van der Waals surface area contributed by atoms with Crippen molar-refractivity contribution in [2.24, 2.45) is 4.99 Å². The van der Waals surface area contributed by atoms with E-state index < -0.39 is 0 Å². The Kier molecular flexibility index (Phi) is 6.64. The highest BCUT2D eigenvalue weighted by molar-refractivity contribution is 7.16. The minimum atomic E-state index is -0.388. The van der Waals surface area contributed by atoms with Gasteiger partial charge in [0, 0.05) is 12.2 Å². The Hall–Kier alpha value is -2.74. The maximum absolute atomic E-state index is 12.8. The van der Waals surface area contributed by atoms with Crippen LogP contribution in [0.15, 0.2) is 35.5 Å². The van der Waals surface area contributed by atoms with E-state index in [1.54, 1.807) is 21.5 Å². The van der Waals surface area contributed by atoms with E-state index in [2.05, 4.69) is 29.1 Å². The number of carbonyl (C=O) groups excluding carboxylic acids is 2. The number of fused-ring (bicyclic) bond motifs is 1. The zero-order valence-corrected chi connectivity index (χ0v) is 18.0. The zero-order chi connectivity index (χ0) is 21.0. The summed E-state index contributed by atoms with van der Waals surface area (Å²) in [6, 6.07) is 7.88. The highest BCUT2D eigenvalue weighted by Gasteiger charge is 2.16. The summed E-state index contributed by atoms with van der Waals surface area (Å²) in [5.74, 6) is -0.770. The van der Waals surface area contributed by atoms with Crippen LogP contribution >= 0.6 is 11.3 Å². The van der Waals surface area contributed by atoms with Gasteiger partial charge in [0.25, 0.3) is 5.91 Å². The minimum Gasteiger partial charge on any atom is -0.468 e. The molecule has 0 fully saturated rings. The molecule has 0 aliphatic carbocycles. The molecule has 0 saturated carbocycles. The lowest BCUT2D eigenvalue weighted by Crippen LogP contribution is -2.23. The van der Waals surface area contributed by atoms with Crippen LogP contribution < -0.4 is 4.80 Å². The molecule has 1 aromatic carbocycles. The molecule has 0 spiro atoms. The van der Waals surface area contributed by atoms with Crippen LogP contribution in [0.3, 0.4) is 0 Å². The summed E-state index contributed by atoms with van der Waals surface area (Å²) in [7, 11) is 1.35. The van der Waals surface area contributed by atoms with Crippen LogP contribution in [-0.4, -0.2) is 33.3 Å². The predicted molar refractivity (Wildman–Crippen MR) is 113 cm³/mol. The number of amides is 1. The van der Waals surface area contributed by atoms with Crippen molar-refractivity contribution in [2.45, 2.75) is 52.6 Å². The van der Waals surface area contributed by atoms with E-state index in [0.29, 0.717) is 10.5 Å². The minimum absolute atomic E-state index is 0.000360.